The van der Waals surface area contributed by atoms with Crippen LogP contribution < -0.4 is 0 Å². The number of hydrogen-bond acceptors (Lipinski definition) is 5. The van der Waals surface area contributed by atoms with Crippen molar-refractivity contribution in [3.8, 4) is 0 Å². The number of amides is 1. The van der Waals surface area contributed by atoms with Crippen molar-refractivity contribution in [3.05, 3.63) is 29.8 Å². The van der Waals surface area contributed by atoms with Gasteiger partial charge in [0, 0.05) is 57.8 Å². The largest absolute Gasteiger partial charge is 0.342 e. The van der Waals surface area contributed by atoms with Gasteiger partial charge in [0.05, 0.1) is 4.90 Å². The molecular formula is C20H29N3O4S. The fourth-order valence-corrected chi connectivity index (χ4v) is 5.20. The van der Waals surface area contributed by atoms with Crippen LogP contribution in [0.5, 0.6) is 0 Å². The molecule has 0 aliphatic carbocycles. The fourth-order valence-electron chi connectivity index (χ4n) is 3.78. The summed E-state index contributed by atoms with van der Waals surface area (Å²) in [4.78, 5) is 28.0. The van der Waals surface area contributed by atoms with Crippen LogP contribution in [0.15, 0.2) is 29.2 Å². The predicted octanol–water partition coefficient (Wildman–Crippen LogP) is 1.45. The second kappa shape index (κ2) is 8.71. The maximum absolute atomic E-state index is 12.8. The molecule has 2 aliphatic rings. The fraction of sp³-hybridized carbons (Fsp3) is 0.600. The topological polar surface area (TPSA) is 78.0 Å². The Morgan fingerprint density at radius 3 is 2.21 bits per heavy atom. The molecule has 0 spiro atoms. The molecule has 1 aromatic carbocycles. The van der Waals surface area contributed by atoms with Crippen molar-refractivity contribution in [2.24, 2.45) is 5.92 Å². The van der Waals surface area contributed by atoms with E-state index in [9.17, 15) is 18.0 Å². The molecule has 0 saturated carbocycles. The van der Waals surface area contributed by atoms with Gasteiger partial charge in [0.15, 0.2) is 5.78 Å². The van der Waals surface area contributed by atoms with Crippen molar-refractivity contribution in [2.75, 3.05) is 45.8 Å². The van der Waals surface area contributed by atoms with Gasteiger partial charge in [0.25, 0.3) is 0 Å². The minimum absolute atomic E-state index is 0.0875. The lowest BCUT2D eigenvalue weighted by Gasteiger charge is -2.34. The Morgan fingerprint density at radius 2 is 1.68 bits per heavy atom. The van der Waals surface area contributed by atoms with Gasteiger partial charge >= 0.3 is 0 Å². The van der Waals surface area contributed by atoms with E-state index in [-0.39, 0.29) is 16.6 Å². The van der Waals surface area contributed by atoms with Crippen LogP contribution in [0, 0.1) is 5.92 Å². The van der Waals surface area contributed by atoms with Gasteiger partial charge in [-0.3, -0.25) is 9.59 Å². The van der Waals surface area contributed by atoms with Crippen LogP contribution >= 0.6 is 0 Å². The van der Waals surface area contributed by atoms with Crippen LogP contribution in [-0.2, 0) is 14.8 Å². The first-order chi connectivity index (χ1) is 13.3. The molecule has 0 unspecified atom stereocenters. The Kier molecular flexibility index (Phi) is 6.52. The first kappa shape index (κ1) is 21.0. The number of ketones is 1. The monoisotopic (exact) mass is 407 g/mol. The third-order valence-corrected chi connectivity index (χ3v) is 7.56. The third kappa shape index (κ3) is 4.79. The highest BCUT2D eigenvalue weighted by molar-refractivity contribution is 7.89. The predicted molar refractivity (Wildman–Crippen MR) is 107 cm³/mol. The number of piperazine rings is 1. The average Bonchev–Trinajstić information content (AvgIpc) is 3.13. The molecule has 0 bridgehead atoms. The summed E-state index contributed by atoms with van der Waals surface area (Å²) in [5.74, 6) is 0.697. The Labute approximate surface area is 167 Å². The van der Waals surface area contributed by atoms with E-state index >= 15 is 0 Å². The molecule has 2 aliphatic heterocycles. The number of rotatable bonds is 6. The number of carbonyl (C=O) groups excluding carboxylic acids is 2. The first-order valence-electron chi connectivity index (χ1n) is 9.88. The average molecular weight is 408 g/mol. The number of carbonyl (C=O) groups is 2. The molecule has 2 saturated heterocycles. The Bertz CT molecular complexity index is 814. The van der Waals surface area contributed by atoms with Gasteiger partial charge < -0.3 is 9.80 Å². The zero-order valence-electron chi connectivity index (χ0n) is 16.6. The maximum Gasteiger partial charge on any atom is 0.243 e. The van der Waals surface area contributed by atoms with Crippen molar-refractivity contribution in [1.82, 2.24) is 14.1 Å². The zero-order valence-corrected chi connectivity index (χ0v) is 17.5. The molecule has 0 radical (unpaired) electrons. The van der Waals surface area contributed by atoms with Crippen LogP contribution in [0.3, 0.4) is 0 Å². The van der Waals surface area contributed by atoms with E-state index in [2.05, 4.69) is 11.8 Å². The molecule has 1 aromatic rings. The lowest BCUT2D eigenvalue weighted by atomic mass is 10.2. The lowest BCUT2D eigenvalue weighted by Crippen LogP contribution is -2.49. The molecule has 1 atom stereocenters. The first-order valence-corrected chi connectivity index (χ1v) is 11.3. The quantitative estimate of drug-likeness (QED) is 0.667. The number of Topliss-reactive ketones (excluding diaryl/α,β-unsaturated/α-hetero) is 1. The molecule has 154 valence electrons. The molecule has 2 fully saturated rings. The van der Waals surface area contributed by atoms with Gasteiger partial charge in [0.2, 0.25) is 15.9 Å². The second-order valence-electron chi connectivity index (χ2n) is 7.81. The van der Waals surface area contributed by atoms with Gasteiger partial charge in [-0.2, -0.15) is 4.31 Å². The minimum Gasteiger partial charge on any atom is -0.342 e. The van der Waals surface area contributed by atoms with E-state index in [1.807, 2.05) is 4.90 Å². The summed E-state index contributed by atoms with van der Waals surface area (Å²) in [6, 6.07) is 6.09. The van der Waals surface area contributed by atoms with E-state index in [0.717, 1.165) is 19.5 Å². The molecule has 0 aromatic heterocycles. The summed E-state index contributed by atoms with van der Waals surface area (Å²) >= 11 is 0. The van der Waals surface area contributed by atoms with Crippen LogP contribution in [-0.4, -0.2) is 80.0 Å². The van der Waals surface area contributed by atoms with Crippen molar-refractivity contribution < 1.29 is 18.0 Å². The van der Waals surface area contributed by atoms with E-state index in [4.69, 9.17) is 0 Å². The van der Waals surface area contributed by atoms with Gasteiger partial charge in [0.1, 0.15) is 0 Å². The van der Waals surface area contributed by atoms with E-state index in [1.54, 1.807) is 12.1 Å². The van der Waals surface area contributed by atoms with Crippen molar-refractivity contribution in [3.63, 3.8) is 0 Å². The van der Waals surface area contributed by atoms with E-state index in [0.29, 0.717) is 50.6 Å². The van der Waals surface area contributed by atoms with Crippen molar-refractivity contribution in [2.45, 2.75) is 31.6 Å². The number of benzene rings is 1. The highest BCUT2D eigenvalue weighted by Gasteiger charge is 2.29. The molecule has 28 heavy (non-hydrogen) atoms. The molecular weight excluding hydrogens is 378 g/mol. The summed E-state index contributed by atoms with van der Waals surface area (Å²) < 4.78 is 27.1. The number of likely N-dealkylation sites (tertiary alicyclic amines) is 1. The smallest absolute Gasteiger partial charge is 0.243 e. The highest BCUT2D eigenvalue weighted by Crippen LogP contribution is 2.19. The van der Waals surface area contributed by atoms with Gasteiger partial charge in [-0.15, -0.1) is 0 Å². The Hall–Kier alpha value is -1.77. The maximum atomic E-state index is 12.8. The summed E-state index contributed by atoms with van der Waals surface area (Å²) in [5, 5.41) is 0. The van der Waals surface area contributed by atoms with Crippen LogP contribution in [0.1, 0.15) is 37.0 Å². The summed E-state index contributed by atoms with van der Waals surface area (Å²) in [7, 11) is -3.56. The summed E-state index contributed by atoms with van der Waals surface area (Å²) in [6.45, 7) is 8.06. The summed E-state index contributed by atoms with van der Waals surface area (Å²) in [6.07, 6.45) is 1.57. The standard InChI is InChI=1S/C20H29N3O4S/c1-16-7-10-22(15-16)20(25)8-9-21-11-13-23(14-12-21)28(26,27)19-5-3-18(4-6-19)17(2)24/h3-6,16H,7-15H2,1-2H3/t16-/m0/s1. The van der Waals surface area contributed by atoms with Gasteiger partial charge in [-0.1, -0.05) is 19.1 Å². The number of hydrogen-bond donors (Lipinski definition) is 0. The SMILES string of the molecule is CC(=O)c1ccc(S(=O)(=O)N2CCN(CCC(=O)N3CC[C@H](C)C3)CC2)cc1. The highest BCUT2D eigenvalue weighted by atomic mass is 32.2. The second-order valence-corrected chi connectivity index (χ2v) is 9.75. The lowest BCUT2D eigenvalue weighted by molar-refractivity contribution is -0.130. The molecule has 8 heteroatoms. The van der Waals surface area contributed by atoms with Crippen LogP contribution in [0.4, 0.5) is 0 Å². The van der Waals surface area contributed by atoms with Crippen LogP contribution in [0.2, 0.25) is 0 Å². The van der Waals surface area contributed by atoms with E-state index < -0.39 is 10.0 Å². The Morgan fingerprint density at radius 1 is 1.04 bits per heavy atom. The zero-order chi connectivity index (χ0) is 20.3. The minimum atomic E-state index is -3.56. The van der Waals surface area contributed by atoms with Crippen molar-refractivity contribution in [1.29, 1.82) is 0 Å². The normalized spacial score (nSPS) is 21.8. The number of sulfonamides is 1. The van der Waals surface area contributed by atoms with Gasteiger partial charge in [-0.25, -0.2) is 8.42 Å². The third-order valence-electron chi connectivity index (χ3n) is 5.65. The molecule has 3 rings (SSSR count). The van der Waals surface area contributed by atoms with Crippen LogP contribution in [0.25, 0.3) is 0 Å². The number of nitrogens with zero attached hydrogens (tertiary/aromatic N) is 3. The molecule has 1 amide bonds. The molecule has 2 heterocycles. The molecule has 7 nitrogen and oxygen atoms in total. The molecule has 0 N–H and O–H groups in total. The summed E-state index contributed by atoms with van der Waals surface area (Å²) in [5.41, 5.74) is 0.501. The Balaban J connectivity index is 1.50. The van der Waals surface area contributed by atoms with E-state index in [1.165, 1.54) is 23.4 Å². The van der Waals surface area contributed by atoms with Crippen molar-refractivity contribution >= 4 is 21.7 Å². The van der Waals surface area contributed by atoms with Gasteiger partial charge in [-0.05, 0) is 31.4 Å².